The minimum atomic E-state index is -0.240. The summed E-state index contributed by atoms with van der Waals surface area (Å²) in [5, 5.41) is 9.43. The van der Waals surface area contributed by atoms with Crippen LogP contribution < -0.4 is 5.56 Å². The summed E-state index contributed by atoms with van der Waals surface area (Å²) >= 11 is 9.46. The van der Waals surface area contributed by atoms with Crippen molar-refractivity contribution in [2.75, 3.05) is 6.61 Å². The number of hydrogen-bond donors (Lipinski definition) is 2. The Bertz CT molecular complexity index is 670. The lowest BCUT2D eigenvalue weighted by Crippen LogP contribution is -2.18. The first-order chi connectivity index (χ1) is 9.02. The largest absolute Gasteiger partial charge is 0.396 e. The maximum Gasteiger partial charge on any atom is 0.254 e. The van der Waals surface area contributed by atoms with Gasteiger partial charge in [0.15, 0.2) is 0 Å². The average molecular weight is 344 g/mol. The van der Waals surface area contributed by atoms with Gasteiger partial charge >= 0.3 is 0 Å². The van der Waals surface area contributed by atoms with Crippen LogP contribution in [0.4, 0.5) is 0 Å². The van der Waals surface area contributed by atoms with E-state index in [1.165, 1.54) is 0 Å². The highest BCUT2D eigenvalue weighted by atomic mass is 79.9. The number of aliphatic hydroxyl groups excluding tert-OH is 1. The quantitative estimate of drug-likeness (QED) is 0.900. The number of H-pyrrole nitrogens is 1. The van der Waals surface area contributed by atoms with Crippen LogP contribution in [-0.4, -0.2) is 21.7 Å². The summed E-state index contributed by atoms with van der Waals surface area (Å²) in [6.45, 7) is 1.67. The van der Waals surface area contributed by atoms with Crippen LogP contribution in [0.15, 0.2) is 27.5 Å². The van der Waals surface area contributed by atoms with Crippen LogP contribution >= 0.6 is 27.5 Å². The molecule has 0 saturated heterocycles. The maximum absolute atomic E-state index is 11.9. The second-order valence-electron chi connectivity index (χ2n) is 4.08. The predicted molar refractivity (Wildman–Crippen MR) is 78.5 cm³/mol. The third kappa shape index (κ3) is 3.05. The highest BCUT2D eigenvalue weighted by molar-refractivity contribution is 9.10. The Balaban J connectivity index is 2.55. The fourth-order valence-electron chi connectivity index (χ4n) is 1.83. The van der Waals surface area contributed by atoms with Crippen LogP contribution in [0.3, 0.4) is 0 Å². The van der Waals surface area contributed by atoms with Crippen molar-refractivity contribution in [3.63, 3.8) is 0 Å². The molecule has 0 atom stereocenters. The highest BCUT2D eigenvalue weighted by Crippen LogP contribution is 2.27. The fraction of sp³-hybridized carbons (Fsp3) is 0.231. The van der Waals surface area contributed by atoms with E-state index in [4.69, 9.17) is 16.7 Å². The van der Waals surface area contributed by atoms with Gasteiger partial charge in [-0.15, -0.1) is 0 Å². The summed E-state index contributed by atoms with van der Waals surface area (Å²) in [6.07, 6.45) is 0.294. The zero-order valence-corrected chi connectivity index (χ0v) is 12.5. The molecule has 0 aliphatic rings. The van der Waals surface area contributed by atoms with Crippen LogP contribution in [0.5, 0.6) is 0 Å². The number of aliphatic hydroxyl groups is 1. The SMILES string of the molecule is Cc1nc(-c2ccc(Br)cc2Cl)[nH]c(=O)c1CCO. The molecule has 1 aromatic heterocycles. The van der Waals surface area contributed by atoms with Gasteiger partial charge in [0.2, 0.25) is 0 Å². The van der Waals surface area contributed by atoms with Crippen molar-refractivity contribution < 1.29 is 5.11 Å². The number of aryl methyl sites for hydroxylation is 1. The standard InChI is InChI=1S/C13H12BrClN2O2/c1-7-9(4-5-18)13(19)17-12(16-7)10-3-2-8(14)6-11(10)15/h2-3,6,18H,4-5H2,1H3,(H,16,17,19). The molecule has 100 valence electrons. The first kappa shape index (κ1) is 14.2. The van der Waals surface area contributed by atoms with E-state index in [9.17, 15) is 4.79 Å². The predicted octanol–water partition coefficient (Wildman–Crippen LogP) is 2.70. The molecule has 0 fully saturated rings. The Morgan fingerprint density at radius 3 is 2.79 bits per heavy atom. The molecule has 6 heteroatoms. The molecule has 4 nitrogen and oxygen atoms in total. The minimum absolute atomic E-state index is 0.0794. The van der Waals surface area contributed by atoms with Crippen molar-refractivity contribution in [1.29, 1.82) is 0 Å². The molecule has 0 radical (unpaired) electrons. The van der Waals surface area contributed by atoms with Crippen LogP contribution in [-0.2, 0) is 6.42 Å². The van der Waals surface area contributed by atoms with Gasteiger partial charge in [0.25, 0.3) is 5.56 Å². The number of benzene rings is 1. The summed E-state index contributed by atoms with van der Waals surface area (Å²) < 4.78 is 0.859. The monoisotopic (exact) mass is 342 g/mol. The zero-order valence-electron chi connectivity index (χ0n) is 10.2. The number of halogens is 2. The van der Waals surface area contributed by atoms with Crippen LogP contribution in [0.25, 0.3) is 11.4 Å². The molecule has 2 N–H and O–H groups in total. The molecule has 0 aliphatic carbocycles. The topological polar surface area (TPSA) is 66.0 Å². The molecule has 0 amide bonds. The second kappa shape index (κ2) is 5.86. The number of rotatable bonds is 3. The Morgan fingerprint density at radius 2 is 2.21 bits per heavy atom. The van der Waals surface area contributed by atoms with Crippen LogP contribution in [0.2, 0.25) is 5.02 Å². The molecule has 1 aromatic carbocycles. The van der Waals surface area contributed by atoms with E-state index in [0.29, 0.717) is 34.1 Å². The second-order valence-corrected chi connectivity index (χ2v) is 5.40. The molecule has 1 heterocycles. The maximum atomic E-state index is 11.9. The molecular formula is C13H12BrClN2O2. The van der Waals surface area contributed by atoms with E-state index in [2.05, 4.69) is 25.9 Å². The molecule has 0 unspecified atom stereocenters. The van der Waals surface area contributed by atoms with Crippen molar-refractivity contribution in [3.8, 4) is 11.4 Å². The number of aromatic amines is 1. The molecule has 19 heavy (non-hydrogen) atoms. The van der Waals surface area contributed by atoms with Gasteiger partial charge in [0, 0.05) is 34.3 Å². The Kier molecular flexibility index (Phi) is 4.39. The summed E-state index contributed by atoms with van der Waals surface area (Å²) in [7, 11) is 0. The first-order valence-electron chi connectivity index (χ1n) is 5.69. The Morgan fingerprint density at radius 1 is 1.47 bits per heavy atom. The Hall–Kier alpha value is -1.17. The van der Waals surface area contributed by atoms with E-state index < -0.39 is 0 Å². The molecule has 0 bridgehead atoms. The normalized spacial score (nSPS) is 10.7. The number of nitrogens with zero attached hydrogens (tertiary/aromatic N) is 1. The minimum Gasteiger partial charge on any atom is -0.396 e. The van der Waals surface area contributed by atoms with Crippen molar-refractivity contribution in [3.05, 3.63) is 49.3 Å². The average Bonchev–Trinajstić information content (AvgIpc) is 2.33. The summed E-state index contributed by atoms with van der Waals surface area (Å²) in [6, 6.07) is 5.36. The van der Waals surface area contributed by atoms with Gasteiger partial charge in [-0.1, -0.05) is 27.5 Å². The van der Waals surface area contributed by atoms with E-state index in [0.717, 1.165) is 4.47 Å². The molecule has 2 aromatic rings. The van der Waals surface area contributed by atoms with Gasteiger partial charge < -0.3 is 10.1 Å². The summed E-state index contributed by atoms with van der Waals surface area (Å²) in [5.41, 5.74) is 1.53. The smallest absolute Gasteiger partial charge is 0.254 e. The number of aromatic nitrogens is 2. The van der Waals surface area contributed by atoms with Crippen LogP contribution in [0, 0.1) is 6.92 Å². The third-order valence-corrected chi connectivity index (χ3v) is 3.58. The molecule has 0 aliphatic heterocycles. The first-order valence-corrected chi connectivity index (χ1v) is 6.86. The van der Waals surface area contributed by atoms with Crippen molar-refractivity contribution in [2.24, 2.45) is 0 Å². The van der Waals surface area contributed by atoms with E-state index in [1.54, 1.807) is 19.1 Å². The van der Waals surface area contributed by atoms with Crippen molar-refractivity contribution >= 4 is 27.5 Å². The van der Waals surface area contributed by atoms with E-state index >= 15 is 0 Å². The lowest BCUT2D eigenvalue weighted by molar-refractivity contribution is 0.298. The number of hydrogen-bond acceptors (Lipinski definition) is 3. The Labute approximate surface area is 123 Å². The van der Waals surface area contributed by atoms with Crippen molar-refractivity contribution in [2.45, 2.75) is 13.3 Å². The fourth-order valence-corrected chi connectivity index (χ4v) is 2.59. The van der Waals surface area contributed by atoms with E-state index in [-0.39, 0.29) is 12.2 Å². The molecular weight excluding hydrogens is 332 g/mol. The van der Waals surface area contributed by atoms with Crippen LogP contribution in [0.1, 0.15) is 11.3 Å². The number of nitrogens with one attached hydrogen (secondary N) is 1. The molecule has 2 rings (SSSR count). The lowest BCUT2D eigenvalue weighted by Gasteiger charge is -2.08. The van der Waals surface area contributed by atoms with Crippen molar-refractivity contribution in [1.82, 2.24) is 9.97 Å². The molecule has 0 saturated carbocycles. The van der Waals surface area contributed by atoms with E-state index in [1.807, 2.05) is 6.07 Å². The van der Waals surface area contributed by atoms with Gasteiger partial charge in [0.05, 0.1) is 5.02 Å². The van der Waals surface area contributed by atoms with Gasteiger partial charge in [-0.25, -0.2) is 4.98 Å². The summed E-state index contributed by atoms with van der Waals surface area (Å²) in [5.74, 6) is 0.432. The third-order valence-electron chi connectivity index (χ3n) is 2.77. The van der Waals surface area contributed by atoms with Gasteiger partial charge in [-0.3, -0.25) is 4.79 Å². The van der Waals surface area contributed by atoms with Gasteiger partial charge in [-0.05, 0) is 25.1 Å². The molecule has 0 spiro atoms. The van der Waals surface area contributed by atoms with Gasteiger partial charge in [0.1, 0.15) is 5.82 Å². The van der Waals surface area contributed by atoms with Gasteiger partial charge in [-0.2, -0.15) is 0 Å². The summed E-state index contributed by atoms with van der Waals surface area (Å²) in [4.78, 5) is 19.0. The highest BCUT2D eigenvalue weighted by Gasteiger charge is 2.11. The lowest BCUT2D eigenvalue weighted by atomic mass is 10.1. The zero-order chi connectivity index (χ0) is 14.0.